The maximum atomic E-state index is 14.5. The minimum atomic E-state index is -4.24. The van der Waals surface area contributed by atoms with Gasteiger partial charge in [0.15, 0.2) is 17.8 Å². The number of aliphatic hydroxyl groups is 1. The van der Waals surface area contributed by atoms with Crippen LogP contribution in [-0.2, 0) is 30.7 Å². The average molecular weight is 758 g/mol. The van der Waals surface area contributed by atoms with Crippen LogP contribution in [0.3, 0.4) is 0 Å². The molecular weight excluding hydrogens is 703 g/mol. The Morgan fingerprint density at radius 2 is 1.77 bits per heavy atom. The fourth-order valence-corrected chi connectivity index (χ4v) is 10.0. The van der Waals surface area contributed by atoms with Gasteiger partial charge in [0.2, 0.25) is 22.7 Å². The van der Waals surface area contributed by atoms with E-state index in [1.54, 1.807) is 6.07 Å². The number of nitrogens with zero attached hydrogens (tertiary/aromatic N) is 2. The Morgan fingerprint density at radius 3 is 2.53 bits per heavy atom. The summed E-state index contributed by atoms with van der Waals surface area (Å²) >= 11 is 0. The largest absolute Gasteiger partial charge is 0.465 e. The van der Waals surface area contributed by atoms with Crippen molar-refractivity contribution in [3.8, 4) is 11.5 Å². The Kier molecular flexibility index (Phi) is 12.9. The topological polar surface area (TPSA) is 164 Å². The molecule has 3 aliphatic heterocycles. The second-order valence-corrected chi connectivity index (χ2v) is 17.7. The molecule has 0 unspecified atom stereocenters. The van der Waals surface area contributed by atoms with E-state index in [1.807, 2.05) is 44.2 Å². The van der Waals surface area contributed by atoms with Gasteiger partial charge < -0.3 is 34.5 Å². The zero-order valence-corrected chi connectivity index (χ0v) is 31.7. The Morgan fingerprint density at radius 1 is 1.02 bits per heavy atom. The van der Waals surface area contributed by atoms with Crippen molar-refractivity contribution in [3.63, 3.8) is 0 Å². The number of benzene rings is 2. The van der Waals surface area contributed by atoms with E-state index in [0.717, 1.165) is 12.0 Å². The standard InChI is InChI=1S/C39H55N3O10S/c1-39(2,18-8-19-40-36(44)16-13-27-9-6-7-10-27)25-41(53(47,48)29-14-15-34-35(22-29)52-26-51-34)23-33(43)31(21-28-11-4-3-5-12-28)42(38(45)46)32-24-50-37-30(32)17-20-49-37/h3-5,11-12,14-15,22,27,30-33,37,43H,6-10,13,16-21,23-26H2,1-2H3,(H,40,44)(H,45,46)/t30-,31-,32-,33+,37+/m0/s1. The fraction of sp³-hybridized carbons (Fsp3) is 0.641. The molecule has 3 fully saturated rings. The first-order valence-corrected chi connectivity index (χ1v) is 20.5. The van der Waals surface area contributed by atoms with E-state index >= 15 is 0 Å². The van der Waals surface area contributed by atoms with E-state index < -0.39 is 46.0 Å². The summed E-state index contributed by atoms with van der Waals surface area (Å²) in [6, 6.07) is 12.1. The van der Waals surface area contributed by atoms with Gasteiger partial charge in [-0.1, -0.05) is 69.9 Å². The van der Waals surface area contributed by atoms with Crippen LogP contribution in [0.4, 0.5) is 4.79 Å². The van der Waals surface area contributed by atoms with Crippen molar-refractivity contribution >= 4 is 22.0 Å². The molecule has 1 saturated carbocycles. The van der Waals surface area contributed by atoms with E-state index in [4.69, 9.17) is 18.9 Å². The molecule has 14 heteroatoms. The van der Waals surface area contributed by atoms with Gasteiger partial charge in [0.25, 0.3) is 0 Å². The highest BCUT2D eigenvalue weighted by Crippen LogP contribution is 2.38. The van der Waals surface area contributed by atoms with Gasteiger partial charge in [-0.2, -0.15) is 4.31 Å². The molecule has 2 aromatic carbocycles. The number of fused-ring (bicyclic) bond motifs is 2. The number of hydrogen-bond acceptors (Lipinski definition) is 9. The summed E-state index contributed by atoms with van der Waals surface area (Å²) in [6.07, 6.45) is 5.19. The van der Waals surface area contributed by atoms with Gasteiger partial charge >= 0.3 is 6.09 Å². The highest BCUT2D eigenvalue weighted by atomic mass is 32.2. The Hall–Kier alpha value is -3.43. The lowest BCUT2D eigenvalue weighted by atomic mass is 9.87. The third-order valence-corrected chi connectivity index (χ3v) is 13.1. The zero-order valence-electron chi connectivity index (χ0n) is 30.9. The minimum absolute atomic E-state index is 0.0185. The lowest BCUT2D eigenvalue weighted by Gasteiger charge is -2.40. The van der Waals surface area contributed by atoms with Crippen LogP contribution in [0, 0.1) is 17.3 Å². The lowest BCUT2D eigenvalue weighted by Crippen LogP contribution is -2.58. The number of aliphatic hydroxyl groups excluding tert-OH is 1. The van der Waals surface area contributed by atoms with Crippen LogP contribution in [0.25, 0.3) is 0 Å². The highest BCUT2D eigenvalue weighted by molar-refractivity contribution is 7.89. The van der Waals surface area contributed by atoms with E-state index in [2.05, 4.69) is 5.32 Å². The number of carbonyl (C=O) groups excluding carboxylic acids is 1. The van der Waals surface area contributed by atoms with Crippen LogP contribution in [0.15, 0.2) is 53.4 Å². The summed E-state index contributed by atoms with van der Waals surface area (Å²) < 4.78 is 52.8. The van der Waals surface area contributed by atoms with Gasteiger partial charge in [-0.3, -0.25) is 9.69 Å². The van der Waals surface area contributed by atoms with Crippen LogP contribution >= 0.6 is 0 Å². The molecule has 2 amide bonds. The Balaban J connectivity index is 1.21. The quantitative estimate of drug-likeness (QED) is 0.176. The zero-order chi connectivity index (χ0) is 37.6. The number of rotatable bonds is 18. The van der Waals surface area contributed by atoms with Crippen molar-refractivity contribution in [2.24, 2.45) is 17.3 Å². The van der Waals surface area contributed by atoms with Gasteiger partial charge in [-0.05, 0) is 61.1 Å². The number of ether oxygens (including phenoxy) is 4. The minimum Gasteiger partial charge on any atom is -0.465 e. The predicted molar refractivity (Wildman–Crippen MR) is 196 cm³/mol. The van der Waals surface area contributed by atoms with Crippen molar-refractivity contribution in [2.75, 3.05) is 39.6 Å². The molecule has 0 spiro atoms. The molecule has 0 aromatic heterocycles. The van der Waals surface area contributed by atoms with Crippen LogP contribution in [0.1, 0.15) is 77.2 Å². The monoisotopic (exact) mass is 757 g/mol. The summed E-state index contributed by atoms with van der Waals surface area (Å²) in [4.78, 5) is 26.9. The van der Waals surface area contributed by atoms with Gasteiger partial charge in [0.05, 0.1) is 36.3 Å². The Bertz CT molecular complexity index is 1650. The first-order chi connectivity index (χ1) is 25.4. The number of hydrogen-bond donors (Lipinski definition) is 3. The van der Waals surface area contributed by atoms with Crippen molar-refractivity contribution in [2.45, 2.75) is 107 Å². The molecule has 2 saturated heterocycles. The molecule has 292 valence electrons. The predicted octanol–water partition coefficient (Wildman–Crippen LogP) is 5.01. The molecule has 0 bridgehead atoms. The van der Waals surface area contributed by atoms with Gasteiger partial charge in [-0.25, -0.2) is 13.2 Å². The molecule has 5 atom stereocenters. The van der Waals surface area contributed by atoms with E-state index in [-0.39, 0.29) is 49.6 Å². The highest BCUT2D eigenvalue weighted by Gasteiger charge is 2.49. The molecule has 6 rings (SSSR count). The molecule has 1 aliphatic carbocycles. The Labute approximate surface area is 313 Å². The first kappa shape index (κ1) is 39.3. The van der Waals surface area contributed by atoms with Crippen molar-refractivity contribution < 1.29 is 47.2 Å². The number of nitrogens with one attached hydrogen (secondary N) is 1. The molecule has 4 aliphatic rings. The maximum Gasteiger partial charge on any atom is 0.407 e. The van der Waals surface area contributed by atoms with E-state index in [1.165, 1.54) is 47.0 Å². The molecule has 2 aromatic rings. The second-order valence-electron chi connectivity index (χ2n) is 15.7. The number of sulfonamides is 1. The molecule has 0 radical (unpaired) electrons. The van der Waals surface area contributed by atoms with Crippen LogP contribution in [0.2, 0.25) is 0 Å². The normalized spacial score (nSPS) is 22.5. The molecule has 13 nitrogen and oxygen atoms in total. The third-order valence-electron chi connectivity index (χ3n) is 11.3. The number of amides is 2. The fourth-order valence-electron chi connectivity index (χ4n) is 8.37. The van der Waals surface area contributed by atoms with Crippen molar-refractivity contribution in [1.29, 1.82) is 0 Å². The van der Waals surface area contributed by atoms with Gasteiger partial charge in [-0.15, -0.1) is 0 Å². The summed E-state index contributed by atoms with van der Waals surface area (Å²) in [5, 5.41) is 25.9. The van der Waals surface area contributed by atoms with Gasteiger partial charge in [0.1, 0.15) is 0 Å². The maximum absolute atomic E-state index is 14.5. The lowest BCUT2D eigenvalue weighted by molar-refractivity contribution is -0.121. The smallest absolute Gasteiger partial charge is 0.407 e. The molecule has 53 heavy (non-hydrogen) atoms. The van der Waals surface area contributed by atoms with Crippen molar-refractivity contribution in [1.82, 2.24) is 14.5 Å². The third kappa shape index (κ3) is 9.82. The summed E-state index contributed by atoms with van der Waals surface area (Å²) in [7, 11) is -4.24. The van der Waals surface area contributed by atoms with Crippen LogP contribution in [0.5, 0.6) is 11.5 Å². The average Bonchev–Trinajstić information content (AvgIpc) is 3.96. The second kappa shape index (κ2) is 17.4. The van der Waals surface area contributed by atoms with E-state index in [0.29, 0.717) is 56.3 Å². The molecular formula is C39H55N3O10S. The number of carboxylic acid groups (broad SMARTS) is 1. The number of carbonyl (C=O) groups is 2. The van der Waals surface area contributed by atoms with E-state index in [9.17, 15) is 28.2 Å². The van der Waals surface area contributed by atoms with Gasteiger partial charge in [0, 0.05) is 38.0 Å². The molecule has 3 heterocycles. The summed E-state index contributed by atoms with van der Waals surface area (Å²) in [5.74, 6) is 1.23. The summed E-state index contributed by atoms with van der Waals surface area (Å²) in [6.45, 7) is 4.62. The first-order valence-electron chi connectivity index (χ1n) is 19.0. The SMILES string of the molecule is CC(C)(CCCNC(=O)CCC1CCCC1)CN(C[C@@H](O)[C@H](Cc1ccccc1)N(C(=O)O)[C@H]1CO[C@H]2OCC[C@H]21)S(=O)(=O)c1ccc2c(c1)OCO2. The van der Waals surface area contributed by atoms with Crippen LogP contribution in [-0.4, -0.2) is 104 Å². The van der Waals surface area contributed by atoms with Crippen molar-refractivity contribution in [3.05, 3.63) is 54.1 Å². The van der Waals surface area contributed by atoms with Crippen LogP contribution < -0.4 is 14.8 Å². The summed E-state index contributed by atoms with van der Waals surface area (Å²) in [5.41, 5.74) is 0.226. The molecule has 3 N–H and O–H groups in total.